The summed E-state index contributed by atoms with van der Waals surface area (Å²) in [6, 6.07) is 11.6. The number of piperazine rings is 1. The van der Waals surface area contributed by atoms with Gasteiger partial charge in [-0.1, -0.05) is 12.1 Å². The van der Waals surface area contributed by atoms with E-state index in [0.717, 1.165) is 5.56 Å². The Balaban J connectivity index is 1.70. The van der Waals surface area contributed by atoms with Crippen molar-refractivity contribution >= 4 is 21.6 Å². The van der Waals surface area contributed by atoms with Crippen LogP contribution in [0, 0.1) is 0 Å². The van der Waals surface area contributed by atoms with Gasteiger partial charge in [0.15, 0.2) is 11.5 Å². The Hall–Kier alpha value is -2.62. The van der Waals surface area contributed by atoms with Gasteiger partial charge in [0.2, 0.25) is 15.9 Å². The summed E-state index contributed by atoms with van der Waals surface area (Å²) in [4.78, 5) is 14.8. The van der Waals surface area contributed by atoms with Gasteiger partial charge in [0.05, 0.1) is 25.5 Å². The number of amides is 1. The predicted octanol–water partition coefficient (Wildman–Crippen LogP) is 1.82. The highest BCUT2D eigenvalue weighted by Crippen LogP contribution is 2.28. The SMILES string of the molecule is COc1ccc(CC(=O)Nc2cccc(S(=O)(=O)N3CCN(C)CC3)c2)cc1OC. The van der Waals surface area contributed by atoms with E-state index in [0.29, 0.717) is 43.4 Å². The average Bonchev–Trinajstić information content (AvgIpc) is 2.74. The topological polar surface area (TPSA) is 88.2 Å². The monoisotopic (exact) mass is 433 g/mol. The van der Waals surface area contributed by atoms with Crippen LogP contribution in [-0.4, -0.2) is 71.0 Å². The molecule has 0 aliphatic carbocycles. The number of ether oxygens (including phenoxy) is 2. The number of nitrogens with zero attached hydrogens (tertiary/aromatic N) is 2. The van der Waals surface area contributed by atoms with Crippen LogP contribution in [0.2, 0.25) is 0 Å². The van der Waals surface area contributed by atoms with Gasteiger partial charge in [0.1, 0.15) is 0 Å². The molecule has 9 heteroatoms. The van der Waals surface area contributed by atoms with Gasteiger partial charge in [-0.2, -0.15) is 4.31 Å². The second-order valence-corrected chi connectivity index (χ2v) is 9.09. The lowest BCUT2D eigenvalue weighted by Crippen LogP contribution is -2.47. The van der Waals surface area contributed by atoms with Crippen LogP contribution in [-0.2, 0) is 21.2 Å². The minimum Gasteiger partial charge on any atom is -0.493 e. The van der Waals surface area contributed by atoms with Gasteiger partial charge in [-0.25, -0.2) is 8.42 Å². The van der Waals surface area contributed by atoms with Gasteiger partial charge in [0, 0.05) is 31.9 Å². The van der Waals surface area contributed by atoms with E-state index in [1.807, 2.05) is 7.05 Å². The van der Waals surface area contributed by atoms with Crippen LogP contribution in [0.4, 0.5) is 5.69 Å². The lowest BCUT2D eigenvalue weighted by molar-refractivity contribution is -0.115. The number of hydrogen-bond acceptors (Lipinski definition) is 6. The molecule has 8 nitrogen and oxygen atoms in total. The average molecular weight is 434 g/mol. The molecule has 3 rings (SSSR count). The van der Waals surface area contributed by atoms with Crippen LogP contribution >= 0.6 is 0 Å². The Labute approximate surface area is 177 Å². The van der Waals surface area contributed by atoms with Crippen molar-refractivity contribution in [1.29, 1.82) is 0 Å². The third-order valence-corrected chi connectivity index (χ3v) is 6.93. The minimum absolute atomic E-state index is 0.121. The second kappa shape index (κ2) is 9.46. The zero-order chi connectivity index (χ0) is 21.7. The Kier molecular flexibility index (Phi) is 6.96. The number of hydrogen-bond donors (Lipinski definition) is 1. The van der Waals surface area contributed by atoms with E-state index >= 15 is 0 Å². The first-order chi connectivity index (χ1) is 14.3. The molecular formula is C21H27N3O5S. The zero-order valence-electron chi connectivity index (χ0n) is 17.4. The first-order valence-electron chi connectivity index (χ1n) is 9.63. The van der Waals surface area contributed by atoms with E-state index in [-0.39, 0.29) is 17.2 Å². The van der Waals surface area contributed by atoms with Gasteiger partial charge in [-0.3, -0.25) is 4.79 Å². The lowest BCUT2D eigenvalue weighted by atomic mass is 10.1. The van der Waals surface area contributed by atoms with E-state index in [1.165, 1.54) is 17.5 Å². The molecule has 1 saturated heterocycles. The molecule has 0 radical (unpaired) electrons. The smallest absolute Gasteiger partial charge is 0.243 e. The molecule has 1 aliphatic heterocycles. The summed E-state index contributed by atoms with van der Waals surface area (Å²) >= 11 is 0. The molecule has 0 aromatic heterocycles. The maximum absolute atomic E-state index is 12.9. The van der Waals surface area contributed by atoms with Crippen molar-refractivity contribution in [3.8, 4) is 11.5 Å². The number of nitrogens with one attached hydrogen (secondary N) is 1. The van der Waals surface area contributed by atoms with Gasteiger partial charge < -0.3 is 19.7 Å². The van der Waals surface area contributed by atoms with Crippen molar-refractivity contribution in [1.82, 2.24) is 9.21 Å². The molecule has 0 unspecified atom stereocenters. The first-order valence-corrected chi connectivity index (χ1v) is 11.1. The number of carbonyl (C=O) groups is 1. The molecule has 1 heterocycles. The fourth-order valence-electron chi connectivity index (χ4n) is 3.29. The van der Waals surface area contributed by atoms with Crippen molar-refractivity contribution in [3.63, 3.8) is 0 Å². The van der Waals surface area contributed by atoms with Crippen molar-refractivity contribution in [2.75, 3.05) is 52.8 Å². The Morgan fingerprint density at radius 2 is 1.70 bits per heavy atom. The standard InChI is InChI=1S/C21H27N3O5S/c1-23-9-11-24(12-10-23)30(26,27)18-6-4-5-17(15-18)22-21(25)14-16-7-8-19(28-2)20(13-16)29-3/h4-8,13,15H,9-12,14H2,1-3H3,(H,22,25). The van der Waals surface area contributed by atoms with Crippen LogP contribution in [0.1, 0.15) is 5.56 Å². The lowest BCUT2D eigenvalue weighted by Gasteiger charge is -2.31. The van der Waals surface area contributed by atoms with E-state index in [4.69, 9.17) is 9.47 Å². The summed E-state index contributed by atoms with van der Waals surface area (Å²) < 4.78 is 37.8. The van der Waals surface area contributed by atoms with E-state index in [2.05, 4.69) is 10.2 Å². The number of benzene rings is 2. The molecule has 1 aliphatic rings. The fraction of sp³-hybridized carbons (Fsp3) is 0.381. The quantitative estimate of drug-likeness (QED) is 0.717. The molecular weight excluding hydrogens is 406 g/mol. The third kappa shape index (κ3) is 5.10. The van der Waals surface area contributed by atoms with Crippen LogP contribution in [0.25, 0.3) is 0 Å². The van der Waals surface area contributed by atoms with Crippen LogP contribution in [0.3, 0.4) is 0 Å². The first kappa shape index (κ1) is 22.1. The van der Waals surface area contributed by atoms with E-state index < -0.39 is 10.0 Å². The Morgan fingerprint density at radius 1 is 1.00 bits per heavy atom. The van der Waals surface area contributed by atoms with Crippen molar-refractivity contribution in [3.05, 3.63) is 48.0 Å². The molecule has 162 valence electrons. The second-order valence-electron chi connectivity index (χ2n) is 7.15. The summed E-state index contributed by atoms with van der Waals surface area (Å²) in [7, 11) is 1.46. The zero-order valence-corrected chi connectivity index (χ0v) is 18.2. The highest BCUT2D eigenvalue weighted by molar-refractivity contribution is 7.89. The Bertz CT molecular complexity index is 1000. The summed E-state index contributed by atoms with van der Waals surface area (Å²) in [5.41, 5.74) is 1.20. The normalized spacial score (nSPS) is 15.6. The summed E-state index contributed by atoms with van der Waals surface area (Å²) in [5.74, 6) is 0.878. The summed E-state index contributed by atoms with van der Waals surface area (Å²) in [6.45, 7) is 2.30. The molecule has 0 spiro atoms. The molecule has 0 bridgehead atoms. The maximum Gasteiger partial charge on any atom is 0.243 e. The molecule has 30 heavy (non-hydrogen) atoms. The molecule has 1 fully saturated rings. The molecule has 0 saturated carbocycles. The molecule has 2 aromatic rings. The van der Waals surface area contributed by atoms with Gasteiger partial charge in [0.25, 0.3) is 0 Å². The molecule has 1 N–H and O–H groups in total. The van der Waals surface area contributed by atoms with Crippen LogP contribution in [0.5, 0.6) is 11.5 Å². The van der Waals surface area contributed by atoms with Gasteiger partial charge >= 0.3 is 0 Å². The third-order valence-electron chi connectivity index (χ3n) is 5.03. The van der Waals surface area contributed by atoms with Crippen LogP contribution in [0.15, 0.2) is 47.4 Å². The number of carbonyl (C=O) groups excluding carboxylic acids is 1. The number of rotatable bonds is 7. The fourth-order valence-corrected chi connectivity index (χ4v) is 4.76. The highest BCUT2D eigenvalue weighted by atomic mass is 32.2. The summed E-state index contributed by atoms with van der Waals surface area (Å²) in [5, 5.41) is 2.78. The van der Waals surface area contributed by atoms with E-state index in [9.17, 15) is 13.2 Å². The highest BCUT2D eigenvalue weighted by Gasteiger charge is 2.27. The van der Waals surface area contributed by atoms with E-state index in [1.54, 1.807) is 43.5 Å². The largest absolute Gasteiger partial charge is 0.493 e. The van der Waals surface area contributed by atoms with Crippen molar-refractivity contribution < 1.29 is 22.7 Å². The molecule has 2 aromatic carbocycles. The maximum atomic E-state index is 12.9. The summed E-state index contributed by atoms with van der Waals surface area (Å²) in [6.07, 6.45) is 0.121. The van der Waals surface area contributed by atoms with Crippen LogP contribution < -0.4 is 14.8 Å². The van der Waals surface area contributed by atoms with Crippen molar-refractivity contribution in [2.45, 2.75) is 11.3 Å². The number of sulfonamides is 1. The number of likely N-dealkylation sites (N-methyl/N-ethyl adjacent to an activating group) is 1. The number of anilines is 1. The van der Waals surface area contributed by atoms with Crippen molar-refractivity contribution in [2.24, 2.45) is 0 Å². The molecule has 0 atom stereocenters. The minimum atomic E-state index is -3.59. The van der Waals surface area contributed by atoms with Gasteiger partial charge in [-0.05, 0) is 42.9 Å². The number of methoxy groups -OCH3 is 2. The van der Waals surface area contributed by atoms with Gasteiger partial charge in [-0.15, -0.1) is 0 Å². The predicted molar refractivity (Wildman–Crippen MR) is 115 cm³/mol. The Morgan fingerprint density at radius 3 is 2.37 bits per heavy atom. The molecule has 1 amide bonds.